The highest BCUT2D eigenvalue weighted by atomic mass is 35.5. The summed E-state index contributed by atoms with van der Waals surface area (Å²) in [7, 11) is 0. The summed E-state index contributed by atoms with van der Waals surface area (Å²) >= 11 is 5.66. The number of anilines is 2. The highest BCUT2D eigenvalue weighted by Gasteiger charge is 2.14. The van der Waals surface area contributed by atoms with Gasteiger partial charge in [-0.2, -0.15) is 4.98 Å². The van der Waals surface area contributed by atoms with Crippen LogP contribution in [0.25, 0.3) is 0 Å². The first-order chi connectivity index (χ1) is 8.16. The van der Waals surface area contributed by atoms with E-state index in [0.29, 0.717) is 0 Å². The first kappa shape index (κ1) is 11.3. The van der Waals surface area contributed by atoms with Crippen molar-refractivity contribution in [3.8, 4) is 0 Å². The Morgan fingerprint density at radius 2 is 2.00 bits per heavy atom. The van der Waals surface area contributed by atoms with Gasteiger partial charge in [0.1, 0.15) is 6.20 Å². The van der Waals surface area contributed by atoms with Gasteiger partial charge in [-0.25, -0.2) is 4.98 Å². The lowest BCUT2D eigenvalue weighted by atomic mass is 10.3. The number of rotatable bonds is 3. The summed E-state index contributed by atoms with van der Waals surface area (Å²) < 4.78 is 0. The Balaban J connectivity index is 2.24. The predicted molar refractivity (Wildman–Crippen MR) is 63.4 cm³/mol. The smallest absolute Gasteiger partial charge is 0.324 e. The highest BCUT2D eigenvalue weighted by Crippen LogP contribution is 2.22. The van der Waals surface area contributed by atoms with Gasteiger partial charge in [0.2, 0.25) is 11.1 Å². The number of nitrogens with zero attached hydrogens (tertiary/aromatic N) is 3. The van der Waals surface area contributed by atoms with E-state index in [1.54, 1.807) is 0 Å². The standard InChI is InChI=1S/C10H7ClN4O2/c11-9-8(15(16)17)6-12-10(14-9)13-7-4-2-1-3-5-7/h1-6H,(H,12,13,14). The monoisotopic (exact) mass is 250 g/mol. The maximum atomic E-state index is 10.5. The molecule has 1 aromatic heterocycles. The molecule has 0 spiro atoms. The van der Waals surface area contributed by atoms with Crippen LogP contribution in [-0.4, -0.2) is 14.9 Å². The van der Waals surface area contributed by atoms with Crippen LogP contribution in [0.2, 0.25) is 5.15 Å². The van der Waals surface area contributed by atoms with Gasteiger partial charge in [0.15, 0.2) is 0 Å². The minimum absolute atomic E-state index is 0.191. The van der Waals surface area contributed by atoms with Gasteiger partial charge in [0, 0.05) is 5.69 Å². The molecule has 0 atom stereocenters. The Morgan fingerprint density at radius 1 is 1.29 bits per heavy atom. The van der Waals surface area contributed by atoms with Crippen molar-refractivity contribution in [2.45, 2.75) is 0 Å². The van der Waals surface area contributed by atoms with E-state index < -0.39 is 4.92 Å². The van der Waals surface area contributed by atoms with Crippen LogP contribution in [0.5, 0.6) is 0 Å². The number of nitro groups is 1. The van der Waals surface area contributed by atoms with Crippen molar-refractivity contribution in [1.29, 1.82) is 0 Å². The SMILES string of the molecule is O=[N+]([O-])c1cnc(Nc2ccccc2)nc1Cl. The van der Waals surface area contributed by atoms with Gasteiger partial charge in [0.25, 0.3) is 0 Å². The van der Waals surface area contributed by atoms with Crippen molar-refractivity contribution >= 4 is 28.9 Å². The number of hydrogen-bond acceptors (Lipinski definition) is 5. The summed E-state index contributed by atoms with van der Waals surface area (Å²) in [5, 5.41) is 13.2. The Morgan fingerprint density at radius 3 is 2.59 bits per heavy atom. The predicted octanol–water partition coefficient (Wildman–Crippen LogP) is 2.78. The fourth-order valence-corrected chi connectivity index (χ4v) is 1.39. The molecule has 0 saturated carbocycles. The molecule has 17 heavy (non-hydrogen) atoms. The van der Waals surface area contributed by atoms with E-state index in [-0.39, 0.29) is 16.8 Å². The third-order valence-electron chi connectivity index (χ3n) is 1.95. The molecule has 0 aliphatic rings. The molecule has 7 heteroatoms. The second kappa shape index (κ2) is 4.75. The van der Waals surface area contributed by atoms with Crippen molar-refractivity contribution in [3.63, 3.8) is 0 Å². The number of para-hydroxylation sites is 1. The maximum absolute atomic E-state index is 10.5. The lowest BCUT2D eigenvalue weighted by Crippen LogP contribution is -1.99. The first-order valence-corrected chi connectivity index (χ1v) is 5.03. The fourth-order valence-electron chi connectivity index (χ4n) is 1.19. The molecule has 0 fully saturated rings. The summed E-state index contributed by atoms with van der Waals surface area (Å²) in [6, 6.07) is 9.19. The Bertz CT molecular complexity index is 547. The fraction of sp³-hybridized carbons (Fsp3) is 0. The van der Waals surface area contributed by atoms with E-state index >= 15 is 0 Å². The number of benzene rings is 1. The lowest BCUT2D eigenvalue weighted by molar-refractivity contribution is -0.385. The van der Waals surface area contributed by atoms with Crippen LogP contribution in [0.15, 0.2) is 36.5 Å². The topological polar surface area (TPSA) is 81.0 Å². The molecule has 1 aromatic carbocycles. The molecule has 2 aromatic rings. The van der Waals surface area contributed by atoms with E-state index in [9.17, 15) is 10.1 Å². The number of nitrogens with one attached hydrogen (secondary N) is 1. The summed E-state index contributed by atoms with van der Waals surface area (Å²) in [6.07, 6.45) is 1.07. The van der Waals surface area contributed by atoms with Crippen LogP contribution in [0, 0.1) is 10.1 Å². The quantitative estimate of drug-likeness (QED) is 0.515. The molecule has 1 N–H and O–H groups in total. The maximum Gasteiger partial charge on any atom is 0.324 e. The average molecular weight is 251 g/mol. The molecule has 6 nitrogen and oxygen atoms in total. The normalized spacial score (nSPS) is 9.94. The molecule has 1 heterocycles. The van der Waals surface area contributed by atoms with Crippen LogP contribution < -0.4 is 5.32 Å². The van der Waals surface area contributed by atoms with Crippen LogP contribution in [0.3, 0.4) is 0 Å². The van der Waals surface area contributed by atoms with Crippen molar-refractivity contribution < 1.29 is 4.92 Å². The number of halogens is 1. The average Bonchev–Trinajstić information content (AvgIpc) is 2.30. The zero-order valence-electron chi connectivity index (χ0n) is 8.50. The van der Waals surface area contributed by atoms with E-state index in [0.717, 1.165) is 11.9 Å². The van der Waals surface area contributed by atoms with Crippen LogP contribution in [0.1, 0.15) is 0 Å². The van der Waals surface area contributed by atoms with Crippen molar-refractivity contribution in [2.75, 3.05) is 5.32 Å². The van der Waals surface area contributed by atoms with Gasteiger partial charge in [-0.3, -0.25) is 10.1 Å². The molecule has 0 amide bonds. The van der Waals surface area contributed by atoms with Crippen LogP contribution in [0.4, 0.5) is 17.3 Å². The van der Waals surface area contributed by atoms with Crippen LogP contribution >= 0.6 is 11.6 Å². The van der Waals surface area contributed by atoms with Gasteiger partial charge in [0.05, 0.1) is 4.92 Å². The molecular formula is C10H7ClN4O2. The van der Waals surface area contributed by atoms with Crippen LogP contribution in [-0.2, 0) is 0 Å². The third kappa shape index (κ3) is 2.67. The second-order valence-corrected chi connectivity index (χ2v) is 3.48. The molecule has 2 rings (SSSR count). The zero-order valence-corrected chi connectivity index (χ0v) is 9.26. The molecule has 0 unspecified atom stereocenters. The summed E-state index contributed by atoms with van der Waals surface area (Å²) in [5.74, 6) is 0.215. The Labute approximate surface area is 101 Å². The summed E-state index contributed by atoms with van der Waals surface area (Å²) in [6.45, 7) is 0. The van der Waals surface area contributed by atoms with E-state index in [2.05, 4.69) is 15.3 Å². The second-order valence-electron chi connectivity index (χ2n) is 3.12. The molecule has 0 aliphatic heterocycles. The summed E-state index contributed by atoms with van der Waals surface area (Å²) in [4.78, 5) is 17.5. The minimum Gasteiger partial charge on any atom is -0.324 e. The highest BCUT2D eigenvalue weighted by molar-refractivity contribution is 6.31. The molecule has 86 valence electrons. The van der Waals surface area contributed by atoms with E-state index in [4.69, 9.17) is 11.6 Å². The van der Waals surface area contributed by atoms with Gasteiger partial charge < -0.3 is 5.32 Å². The van der Waals surface area contributed by atoms with Crippen molar-refractivity contribution in [3.05, 3.63) is 51.8 Å². The van der Waals surface area contributed by atoms with Crippen molar-refractivity contribution in [2.24, 2.45) is 0 Å². The number of hydrogen-bond donors (Lipinski definition) is 1. The van der Waals surface area contributed by atoms with Gasteiger partial charge >= 0.3 is 5.69 Å². The van der Waals surface area contributed by atoms with E-state index in [1.165, 1.54) is 0 Å². The molecule has 0 radical (unpaired) electrons. The van der Waals surface area contributed by atoms with E-state index in [1.807, 2.05) is 30.3 Å². The number of aromatic nitrogens is 2. The molecule has 0 aliphatic carbocycles. The zero-order chi connectivity index (χ0) is 12.3. The van der Waals surface area contributed by atoms with Gasteiger partial charge in [-0.1, -0.05) is 29.8 Å². The van der Waals surface area contributed by atoms with Crippen molar-refractivity contribution in [1.82, 2.24) is 9.97 Å². The summed E-state index contributed by atoms with van der Waals surface area (Å²) in [5.41, 5.74) is 0.461. The van der Waals surface area contributed by atoms with Gasteiger partial charge in [-0.05, 0) is 12.1 Å². The molecule has 0 bridgehead atoms. The molecular weight excluding hydrogens is 244 g/mol. The largest absolute Gasteiger partial charge is 0.324 e. The Kier molecular flexibility index (Phi) is 3.15. The minimum atomic E-state index is -0.630. The third-order valence-corrected chi connectivity index (χ3v) is 2.23. The van der Waals surface area contributed by atoms with Gasteiger partial charge in [-0.15, -0.1) is 0 Å². The first-order valence-electron chi connectivity index (χ1n) is 4.66. The molecule has 0 saturated heterocycles. The lowest BCUT2D eigenvalue weighted by Gasteiger charge is -2.03. The Hall–Kier alpha value is -2.21.